The molecule has 0 bridgehead atoms. The topological polar surface area (TPSA) is 29.5 Å². The molecule has 2 rings (SSSR count). The highest BCUT2D eigenvalue weighted by atomic mass is 32.1. The number of thiophene rings is 1. The number of carbonyl (C=O) groups excluding carboxylic acids is 1. The lowest BCUT2D eigenvalue weighted by Crippen LogP contribution is -2.39. The molecule has 0 N–H and O–H groups in total. The molecule has 0 atom stereocenters. The normalized spacial score (nSPS) is 22.5. The second-order valence-electron chi connectivity index (χ2n) is 6.39. The Morgan fingerprint density at radius 3 is 2.67 bits per heavy atom. The molecule has 0 radical (unpaired) electrons. The summed E-state index contributed by atoms with van der Waals surface area (Å²) in [7, 11) is 0. The van der Waals surface area contributed by atoms with Crippen molar-refractivity contribution in [2.24, 2.45) is 5.92 Å². The van der Waals surface area contributed by atoms with Gasteiger partial charge in [-0.15, -0.1) is 11.3 Å². The fraction of sp³-hybridized carbons (Fsp3) is 0.706. The van der Waals surface area contributed by atoms with Crippen molar-refractivity contribution in [1.82, 2.24) is 4.90 Å². The van der Waals surface area contributed by atoms with Crippen LogP contribution in [0.3, 0.4) is 0 Å². The highest BCUT2D eigenvalue weighted by Crippen LogP contribution is 2.25. The number of hydrogen-bond donors (Lipinski definition) is 0. The maximum Gasteiger partial charge on any atom is 0.249 e. The maximum atomic E-state index is 12.4. The summed E-state index contributed by atoms with van der Waals surface area (Å²) in [5.74, 6) is 0.920. The SMILES string of the molecule is CC1CCC(OCC(=O)N(Cc2cccs2)C(C)C)CC1. The van der Waals surface area contributed by atoms with Gasteiger partial charge in [-0.25, -0.2) is 0 Å². The summed E-state index contributed by atoms with van der Waals surface area (Å²) < 4.78 is 5.86. The van der Waals surface area contributed by atoms with Gasteiger partial charge in [-0.3, -0.25) is 4.79 Å². The molecule has 1 aromatic heterocycles. The highest BCUT2D eigenvalue weighted by molar-refractivity contribution is 7.09. The van der Waals surface area contributed by atoms with Crippen molar-refractivity contribution in [3.63, 3.8) is 0 Å². The summed E-state index contributed by atoms with van der Waals surface area (Å²) in [5.41, 5.74) is 0. The third-order valence-corrected chi connectivity index (χ3v) is 5.12. The molecule has 0 unspecified atom stereocenters. The van der Waals surface area contributed by atoms with Crippen LogP contribution in [-0.2, 0) is 16.1 Å². The fourth-order valence-corrected chi connectivity index (χ4v) is 3.50. The van der Waals surface area contributed by atoms with E-state index >= 15 is 0 Å². The average Bonchev–Trinajstić information content (AvgIpc) is 2.96. The summed E-state index contributed by atoms with van der Waals surface area (Å²) >= 11 is 1.70. The van der Waals surface area contributed by atoms with Crippen LogP contribution >= 0.6 is 11.3 Å². The van der Waals surface area contributed by atoms with Gasteiger partial charge >= 0.3 is 0 Å². The van der Waals surface area contributed by atoms with Crippen LogP contribution in [0.2, 0.25) is 0 Å². The van der Waals surface area contributed by atoms with Crippen LogP contribution < -0.4 is 0 Å². The number of amides is 1. The van der Waals surface area contributed by atoms with Crippen LogP contribution in [0.15, 0.2) is 17.5 Å². The molecule has 118 valence electrons. The Kier molecular flexibility index (Phi) is 6.24. The van der Waals surface area contributed by atoms with E-state index in [1.807, 2.05) is 11.0 Å². The molecule has 1 saturated carbocycles. The summed E-state index contributed by atoms with van der Waals surface area (Å²) in [6, 6.07) is 4.31. The minimum Gasteiger partial charge on any atom is -0.368 e. The van der Waals surface area contributed by atoms with Gasteiger partial charge in [0.15, 0.2) is 0 Å². The van der Waals surface area contributed by atoms with Gasteiger partial charge in [-0.05, 0) is 56.9 Å². The van der Waals surface area contributed by atoms with Gasteiger partial charge in [0.2, 0.25) is 5.91 Å². The molecule has 0 aromatic carbocycles. The third-order valence-electron chi connectivity index (χ3n) is 4.26. The van der Waals surface area contributed by atoms with E-state index in [4.69, 9.17) is 4.74 Å². The van der Waals surface area contributed by atoms with Gasteiger partial charge in [0, 0.05) is 10.9 Å². The van der Waals surface area contributed by atoms with Crippen molar-refractivity contribution < 1.29 is 9.53 Å². The first-order valence-corrected chi connectivity index (χ1v) is 8.87. The number of rotatable bonds is 6. The Morgan fingerprint density at radius 2 is 2.10 bits per heavy atom. The van der Waals surface area contributed by atoms with Crippen molar-refractivity contribution in [3.05, 3.63) is 22.4 Å². The van der Waals surface area contributed by atoms with E-state index in [2.05, 4.69) is 32.2 Å². The number of nitrogens with zero attached hydrogens (tertiary/aromatic N) is 1. The lowest BCUT2D eigenvalue weighted by Gasteiger charge is -2.29. The van der Waals surface area contributed by atoms with Crippen LogP contribution in [0, 0.1) is 5.92 Å². The van der Waals surface area contributed by atoms with E-state index in [0.29, 0.717) is 6.54 Å². The number of hydrogen-bond acceptors (Lipinski definition) is 3. The Labute approximate surface area is 132 Å². The van der Waals surface area contributed by atoms with Gasteiger partial charge in [-0.1, -0.05) is 13.0 Å². The molecular formula is C17H27NO2S. The fourth-order valence-electron chi connectivity index (χ4n) is 2.80. The molecule has 1 amide bonds. The maximum absolute atomic E-state index is 12.4. The van der Waals surface area contributed by atoms with E-state index < -0.39 is 0 Å². The molecule has 1 aromatic rings. The zero-order valence-corrected chi connectivity index (χ0v) is 14.2. The minimum absolute atomic E-state index is 0.108. The van der Waals surface area contributed by atoms with Crippen molar-refractivity contribution in [1.29, 1.82) is 0 Å². The molecule has 1 fully saturated rings. The van der Waals surface area contributed by atoms with Gasteiger partial charge in [-0.2, -0.15) is 0 Å². The molecular weight excluding hydrogens is 282 g/mol. The van der Waals surface area contributed by atoms with Crippen molar-refractivity contribution in [2.45, 2.75) is 65.1 Å². The Hall–Kier alpha value is -0.870. The molecule has 1 aliphatic carbocycles. The molecule has 4 heteroatoms. The second-order valence-corrected chi connectivity index (χ2v) is 7.42. The van der Waals surface area contributed by atoms with Crippen LogP contribution in [0.1, 0.15) is 51.3 Å². The van der Waals surface area contributed by atoms with Gasteiger partial charge in [0.1, 0.15) is 6.61 Å². The first kappa shape index (κ1) is 16.5. The van der Waals surface area contributed by atoms with Crippen LogP contribution in [0.25, 0.3) is 0 Å². The number of carbonyl (C=O) groups is 1. The monoisotopic (exact) mass is 309 g/mol. The minimum atomic E-state index is 0.108. The molecule has 0 aliphatic heterocycles. The van der Waals surface area contributed by atoms with E-state index in [0.717, 1.165) is 18.8 Å². The average molecular weight is 309 g/mol. The van der Waals surface area contributed by atoms with E-state index in [1.165, 1.54) is 17.7 Å². The van der Waals surface area contributed by atoms with Crippen molar-refractivity contribution in [2.75, 3.05) is 6.61 Å². The Morgan fingerprint density at radius 1 is 1.38 bits per heavy atom. The summed E-state index contributed by atoms with van der Waals surface area (Å²) in [5, 5.41) is 2.05. The van der Waals surface area contributed by atoms with Crippen LogP contribution in [0.5, 0.6) is 0 Å². The molecule has 21 heavy (non-hydrogen) atoms. The molecule has 1 aliphatic rings. The standard InChI is InChI=1S/C17H27NO2S/c1-13(2)18(11-16-5-4-10-21-16)17(19)12-20-15-8-6-14(3)7-9-15/h4-5,10,13-15H,6-9,11-12H2,1-3H3. The first-order chi connectivity index (χ1) is 10.1. The highest BCUT2D eigenvalue weighted by Gasteiger charge is 2.22. The summed E-state index contributed by atoms with van der Waals surface area (Å²) in [6.07, 6.45) is 4.92. The molecule has 0 spiro atoms. The zero-order chi connectivity index (χ0) is 15.2. The van der Waals surface area contributed by atoms with Crippen LogP contribution in [-0.4, -0.2) is 29.6 Å². The summed E-state index contributed by atoms with van der Waals surface area (Å²) in [4.78, 5) is 15.6. The molecule has 1 heterocycles. The molecule has 0 saturated heterocycles. The van der Waals surface area contributed by atoms with Gasteiger partial charge in [0.05, 0.1) is 12.6 Å². The van der Waals surface area contributed by atoms with Crippen molar-refractivity contribution in [3.8, 4) is 0 Å². The second kappa shape index (κ2) is 7.95. The third kappa shape index (κ3) is 5.11. The lowest BCUT2D eigenvalue weighted by atomic mass is 9.89. The van der Waals surface area contributed by atoms with E-state index in [-0.39, 0.29) is 24.7 Å². The lowest BCUT2D eigenvalue weighted by molar-refractivity contribution is -0.141. The predicted octanol–water partition coefficient (Wildman–Crippen LogP) is 4.08. The first-order valence-electron chi connectivity index (χ1n) is 7.99. The Balaban J connectivity index is 1.81. The van der Waals surface area contributed by atoms with Crippen molar-refractivity contribution >= 4 is 17.2 Å². The Bertz CT molecular complexity index is 422. The predicted molar refractivity (Wildman–Crippen MR) is 87.4 cm³/mol. The van der Waals surface area contributed by atoms with Gasteiger partial charge in [0.25, 0.3) is 0 Å². The van der Waals surface area contributed by atoms with E-state index in [9.17, 15) is 4.79 Å². The molecule has 3 nitrogen and oxygen atoms in total. The summed E-state index contributed by atoms with van der Waals surface area (Å²) in [6.45, 7) is 7.34. The largest absolute Gasteiger partial charge is 0.368 e. The van der Waals surface area contributed by atoms with Gasteiger partial charge < -0.3 is 9.64 Å². The quantitative estimate of drug-likeness (QED) is 0.792. The number of ether oxygens (including phenoxy) is 1. The smallest absolute Gasteiger partial charge is 0.249 e. The van der Waals surface area contributed by atoms with Crippen LogP contribution in [0.4, 0.5) is 0 Å². The van der Waals surface area contributed by atoms with E-state index in [1.54, 1.807) is 11.3 Å². The zero-order valence-electron chi connectivity index (χ0n) is 13.4.